The molecule has 1 aromatic carbocycles. The van der Waals surface area contributed by atoms with Gasteiger partial charge in [0.05, 0.1) is 25.9 Å². The topological polar surface area (TPSA) is 38.7 Å². The zero-order chi connectivity index (χ0) is 14.5. The maximum Gasteiger partial charge on any atom is 0.128 e. The van der Waals surface area contributed by atoms with Gasteiger partial charge in [-0.15, -0.1) is 0 Å². The van der Waals surface area contributed by atoms with E-state index in [2.05, 4.69) is 6.92 Å². The number of thioether (sulfide) groups is 2. The van der Waals surface area contributed by atoms with Crippen LogP contribution in [0.4, 0.5) is 0 Å². The standard InChI is InChI=1S/C15H22O3S2/c1-4-12-15(20-9-8-19-12)14(16)13-10(17-2)6-5-7-11(13)18-3/h5-7,12,14-16H,4,8-9H2,1-3H3. The van der Waals surface area contributed by atoms with Gasteiger partial charge in [0.2, 0.25) is 0 Å². The molecule has 1 fully saturated rings. The zero-order valence-corrected chi connectivity index (χ0v) is 13.8. The van der Waals surface area contributed by atoms with Crippen LogP contribution in [0.1, 0.15) is 25.0 Å². The van der Waals surface area contributed by atoms with Crippen molar-refractivity contribution in [3.63, 3.8) is 0 Å². The maximum absolute atomic E-state index is 10.9. The largest absolute Gasteiger partial charge is 0.496 e. The average Bonchev–Trinajstić information content (AvgIpc) is 2.53. The van der Waals surface area contributed by atoms with Crippen LogP contribution in [0.5, 0.6) is 11.5 Å². The van der Waals surface area contributed by atoms with E-state index in [1.165, 1.54) is 0 Å². The number of rotatable bonds is 5. The van der Waals surface area contributed by atoms with Gasteiger partial charge in [-0.05, 0) is 18.6 Å². The Balaban J connectivity index is 2.33. The van der Waals surface area contributed by atoms with Crippen molar-refractivity contribution in [2.24, 2.45) is 0 Å². The molecule has 1 heterocycles. The average molecular weight is 314 g/mol. The molecule has 0 radical (unpaired) electrons. The Labute approximate surface area is 129 Å². The molecule has 0 amide bonds. The fourth-order valence-electron chi connectivity index (χ4n) is 2.57. The summed E-state index contributed by atoms with van der Waals surface area (Å²) in [6.45, 7) is 2.18. The highest BCUT2D eigenvalue weighted by Gasteiger charge is 2.34. The summed E-state index contributed by atoms with van der Waals surface area (Å²) in [5.41, 5.74) is 0.774. The van der Waals surface area contributed by atoms with Gasteiger partial charge in [0.1, 0.15) is 11.5 Å². The number of hydrogen-bond donors (Lipinski definition) is 1. The van der Waals surface area contributed by atoms with Gasteiger partial charge in [-0.3, -0.25) is 0 Å². The molecule has 0 aliphatic carbocycles. The Kier molecular flexibility index (Phi) is 5.93. The molecule has 1 aliphatic heterocycles. The molecule has 0 spiro atoms. The predicted molar refractivity (Wildman–Crippen MR) is 87.3 cm³/mol. The van der Waals surface area contributed by atoms with Crippen molar-refractivity contribution in [1.82, 2.24) is 0 Å². The molecule has 1 saturated heterocycles. The SMILES string of the molecule is CCC1SCCSC1C(O)c1c(OC)cccc1OC. The third kappa shape index (κ3) is 3.21. The molecule has 1 aromatic rings. The first-order valence-electron chi connectivity index (χ1n) is 6.85. The summed E-state index contributed by atoms with van der Waals surface area (Å²) >= 11 is 3.81. The molecule has 3 atom stereocenters. The molecule has 0 saturated carbocycles. The van der Waals surface area contributed by atoms with E-state index >= 15 is 0 Å². The molecule has 112 valence electrons. The Morgan fingerprint density at radius 1 is 1.20 bits per heavy atom. The summed E-state index contributed by atoms with van der Waals surface area (Å²) in [4.78, 5) is 0. The highest BCUT2D eigenvalue weighted by atomic mass is 32.2. The highest BCUT2D eigenvalue weighted by Crippen LogP contribution is 2.44. The summed E-state index contributed by atoms with van der Waals surface area (Å²) in [7, 11) is 3.26. The van der Waals surface area contributed by atoms with Crippen LogP contribution >= 0.6 is 23.5 Å². The first-order valence-corrected chi connectivity index (χ1v) is 8.94. The first kappa shape index (κ1) is 15.9. The molecule has 0 aromatic heterocycles. The first-order chi connectivity index (χ1) is 9.72. The van der Waals surface area contributed by atoms with Gasteiger partial charge in [-0.2, -0.15) is 23.5 Å². The number of ether oxygens (including phenoxy) is 2. The summed E-state index contributed by atoms with van der Waals surface area (Å²) in [6.07, 6.45) is 0.500. The maximum atomic E-state index is 10.9. The monoisotopic (exact) mass is 314 g/mol. The lowest BCUT2D eigenvalue weighted by atomic mass is 10.0. The Hall–Kier alpha value is -0.520. The minimum atomic E-state index is -0.566. The fourth-order valence-corrected chi connectivity index (χ4v) is 5.68. The molecule has 3 unspecified atom stereocenters. The summed E-state index contributed by atoms with van der Waals surface area (Å²) in [5.74, 6) is 3.64. The minimum Gasteiger partial charge on any atom is -0.496 e. The van der Waals surface area contributed by atoms with Crippen molar-refractivity contribution in [3.8, 4) is 11.5 Å². The van der Waals surface area contributed by atoms with Crippen molar-refractivity contribution in [2.75, 3.05) is 25.7 Å². The van der Waals surface area contributed by atoms with E-state index in [-0.39, 0.29) is 5.25 Å². The minimum absolute atomic E-state index is 0.184. The fraction of sp³-hybridized carbons (Fsp3) is 0.600. The molecular formula is C15H22O3S2. The third-order valence-corrected chi connectivity index (χ3v) is 6.90. The molecule has 3 nitrogen and oxygen atoms in total. The molecule has 2 rings (SSSR count). The molecular weight excluding hydrogens is 292 g/mol. The van der Waals surface area contributed by atoms with E-state index in [9.17, 15) is 5.11 Å². The second-order valence-electron chi connectivity index (χ2n) is 4.67. The number of aliphatic hydroxyl groups excluding tert-OH is 1. The Morgan fingerprint density at radius 3 is 2.35 bits per heavy atom. The second-order valence-corrected chi connectivity index (χ2v) is 7.31. The van der Waals surface area contributed by atoms with Crippen molar-refractivity contribution in [2.45, 2.75) is 29.9 Å². The van der Waals surface area contributed by atoms with Gasteiger partial charge in [0, 0.05) is 22.0 Å². The lowest BCUT2D eigenvalue weighted by molar-refractivity contribution is 0.163. The van der Waals surface area contributed by atoms with E-state index in [0.717, 1.165) is 23.5 Å². The predicted octanol–water partition coefficient (Wildman–Crippen LogP) is 3.36. The van der Waals surface area contributed by atoms with Crippen LogP contribution in [0.3, 0.4) is 0 Å². The van der Waals surface area contributed by atoms with Crippen LogP contribution in [0.15, 0.2) is 18.2 Å². The number of benzene rings is 1. The van der Waals surface area contributed by atoms with Crippen molar-refractivity contribution >= 4 is 23.5 Å². The van der Waals surface area contributed by atoms with Crippen molar-refractivity contribution in [3.05, 3.63) is 23.8 Å². The van der Waals surface area contributed by atoms with Crippen LogP contribution in [0, 0.1) is 0 Å². The van der Waals surface area contributed by atoms with Crippen LogP contribution in [0.25, 0.3) is 0 Å². The van der Waals surface area contributed by atoms with Crippen LogP contribution in [-0.2, 0) is 0 Å². The number of aliphatic hydroxyl groups is 1. The van der Waals surface area contributed by atoms with Gasteiger partial charge >= 0.3 is 0 Å². The molecule has 0 bridgehead atoms. The van der Waals surface area contributed by atoms with E-state index in [1.54, 1.807) is 14.2 Å². The van der Waals surface area contributed by atoms with Crippen molar-refractivity contribution in [1.29, 1.82) is 0 Å². The Morgan fingerprint density at radius 2 is 1.80 bits per heavy atom. The van der Waals surface area contributed by atoms with Gasteiger partial charge in [-0.25, -0.2) is 0 Å². The van der Waals surface area contributed by atoms with Gasteiger partial charge in [0.25, 0.3) is 0 Å². The van der Waals surface area contributed by atoms with Crippen LogP contribution in [0.2, 0.25) is 0 Å². The van der Waals surface area contributed by atoms with E-state index in [0.29, 0.717) is 16.7 Å². The summed E-state index contributed by atoms with van der Waals surface area (Å²) in [6, 6.07) is 5.64. The summed E-state index contributed by atoms with van der Waals surface area (Å²) < 4.78 is 10.8. The normalized spacial score (nSPS) is 24.2. The molecule has 1 aliphatic rings. The number of methoxy groups -OCH3 is 2. The van der Waals surface area contributed by atoms with Crippen molar-refractivity contribution < 1.29 is 14.6 Å². The van der Waals surface area contributed by atoms with E-state index in [4.69, 9.17) is 9.47 Å². The van der Waals surface area contributed by atoms with E-state index in [1.807, 2.05) is 41.7 Å². The molecule has 5 heteroatoms. The van der Waals surface area contributed by atoms with Gasteiger partial charge in [-0.1, -0.05) is 13.0 Å². The lowest BCUT2D eigenvalue weighted by Crippen LogP contribution is -2.31. The third-order valence-electron chi connectivity index (χ3n) is 3.57. The quantitative estimate of drug-likeness (QED) is 0.902. The van der Waals surface area contributed by atoms with Crippen LogP contribution in [-0.4, -0.2) is 41.3 Å². The van der Waals surface area contributed by atoms with Gasteiger partial charge < -0.3 is 14.6 Å². The van der Waals surface area contributed by atoms with E-state index < -0.39 is 6.10 Å². The lowest BCUT2D eigenvalue weighted by Gasteiger charge is -2.34. The smallest absolute Gasteiger partial charge is 0.128 e. The number of hydrogen-bond acceptors (Lipinski definition) is 5. The molecule has 20 heavy (non-hydrogen) atoms. The zero-order valence-electron chi connectivity index (χ0n) is 12.2. The Bertz CT molecular complexity index is 417. The molecule has 1 N–H and O–H groups in total. The summed E-state index contributed by atoms with van der Waals surface area (Å²) in [5, 5.41) is 11.5. The highest BCUT2D eigenvalue weighted by molar-refractivity contribution is 8.07. The van der Waals surface area contributed by atoms with Gasteiger partial charge in [0.15, 0.2) is 0 Å². The second kappa shape index (κ2) is 7.48. The van der Waals surface area contributed by atoms with Crippen LogP contribution < -0.4 is 9.47 Å².